The van der Waals surface area contributed by atoms with E-state index < -0.39 is 11.9 Å². The number of nitrogens with two attached hydrogens (primary N) is 1. The summed E-state index contributed by atoms with van der Waals surface area (Å²) < 4.78 is 0. The second-order valence-corrected chi connectivity index (χ2v) is 4.31. The zero-order valence-corrected chi connectivity index (χ0v) is 10.2. The fourth-order valence-corrected chi connectivity index (χ4v) is 1.96. The molecule has 0 aromatic carbocycles. The first-order chi connectivity index (χ1) is 8.59. The topological polar surface area (TPSA) is 88.3 Å². The van der Waals surface area contributed by atoms with Crippen LogP contribution in [0.15, 0.2) is 18.3 Å². The quantitative estimate of drug-likeness (QED) is 0.723. The molecule has 2 rings (SSSR count). The fraction of sp³-hybridized carbons (Fsp3) is 0.417. The van der Waals surface area contributed by atoms with Crippen LogP contribution in [0, 0.1) is 6.92 Å². The molecular formula is C12H16N4O2. The maximum Gasteiger partial charge on any atom is 0.256 e. The molecule has 18 heavy (non-hydrogen) atoms. The van der Waals surface area contributed by atoms with E-state index in [-0.39, 0.29) is 5.91 Å². The van der Waals surface area contributed by atoms with Crippen molar-refractivity contribution >= 4 is 11.8 Å². The van der Waals surface area contributed by atoms with Crippen LogP contribution in [0.3, 0.4) is 0 Å². The Hall–Kier alpha value is -1.95. The average Bonchev–Trinajstić information content (AvgIpc) is 2.39. The number of aromatic nitrogens is 1. The molecule has 1 aromatic heterocycles. The maximum absolute atomic E-state index is 12.3. The van der Waals surface area contributed by atoms with E-state index in [9.17, 15) is 9.59 Å². The Balaban J connectivity index is 2.20. The molecule has 6 nitrogen and oxygen atoms in total. The van der Waals surface area contributed by atoms with Gasteiger partial charge in [0.15, 0.2) is 0 Å². The van der Waals surface area contributed by atoms with Crippen LogP contribution in [0.4, 0.5) is 0 Å². The van der Waals surface area contributed by atoms with Crippen molar-refractivity contribution in [2.75, 3.05) is 19.6 Å². The fourth-order valence-electron chi connectivity index (χ4n) is 1.96. The standard InChI is InChI=1S/C12H16N4O2/c1-8-2-3-9(6-15-8)12(18)16-5-4-14-7-10(16)11(13)17/h2-3,6,10,14H,4-5,7H2,1H3,(H2,13,17)/t10-/m1/s1. The summed E-state index contributed by atoms with van der Waals surface area (Å²) in [6.45, 7) is 3.39. The highest BCUT2D eigenvalue weighted by Gasteiger charge is 2.31. The van der Waals surface area contributed by atoms with E-state index in [0.717, 1.165) is 5.69 Å². The van der Waals surface area contributed by atoms with Crippen molar-refractivity contribution in [2.24, 2.45) is 5.73 Å². The molecule has 0 unspecified atom stereocenters. The number of aryl methyl sites for hydroxylation is 1. The van der Waals surface area contributed by atoms with Crippen LogP contribution in [0.2, 0.25) is 0 Å². The third-order valence-corrected chi connectivity index (χ3v) is 2.99. The Morgan fingerprint density at radius 2 is 2.28 bits per heavy atom. The number of carbonyl (C=O) groups is 2. The molecule has 0 spiro atoms. The molecule has 96 valence electrons. The predicted molar refractivity (Wildman–Crippen MR) is 65.9 cm³/mol. The lowest BCUT2D eigenvalue weighted by molar-refractivity contribution is -0.122. The summed E-state index contributed by atoms with van der Waals surface area (Å²) in [4.78, 5) is 29.2. The van der Waals surface area contributed by atoms with Crippen molar-refractivity contribution in [1.82, 2.24) is 15.2 Å². The Bertz CT molecular complexity index is 458. The van der Waals surface area contributed by atoms with E-state index in [1.165, 1.54) is 11.1 Å². The van der Waals surface area contributed by atoms with E-state index in [1.807, 2.05) is 6.92 Å². The van der Waals surface area contributed by atoms with Crippen molar-refractivity contribution < 1.29 is 9.59 Å². The van der Waals surface area contributed by atoms with Crippen LogP contribution in [0.5, 0.6) is 0 Å². The third-order valence-electron chi connectivity index (χ3n) is 2.99. The van der Waals surface area contributed by atoms with Gasteiger partial charge in [-0.05, 0) is 19.1 Å². The molecule has 0 bridgehead atoms. The van der Waals surface area contributed by atoms with Gasteiger partial charge in [0, 0.05) is 31.5 Å². The summed E-state index contributed by atoms with van der Waals surface area (Å²) in [5, 5.41) is 3.05. The second kappa shape index (κ2) is 5.14. The zero-order chi connectivity index (χ0) is 13.1. The molecule has 2 amide bonds. The predicted octanol–water partition coefficient (Wildman–Crippen LogP) is -0.711. The first-order valence-electron chi connectivity index (χ1n) is 5.83. The Morgan fingerprint density at radius 1 is 1.50 bits per heavy atom. The minimum Gasteiger partial charge on any atom is -0.368 e. The molecule has 0 radical (unpaired) electrons. The average molecular weight is 248 g/mol. The van der Waals surface area contributed by atoms with Crippen LogP contribution >= 0.6 is 0 Å². The van der Waals surface area contributed by atoms with Gasteiger partial charge in [-0.1, -0.05) is 0 Å². The molecule has 1 saturated heterocycles. The first kappa shape index (κ1) is 12.5. The summed E-state index contributed by atoms with van der Waals surface area (Å²) in [7, 11) is 0. The number of pyridine rings is 1. The van der Waals surface area contributed by atoms with Crippen LogP contribution in [-0.4, -0.2) is 47.4 Å². The summed E-state index contributed by atoms with van der Waals surface area (Å²) in [5.41, 5.74) is 6.64. The normalized spacial score (nSPS) is 19.6. The molecule has 0 aliphatic carbocycles. The molecule has 6 heteroatoms. The van der Waals surface area contributed by atoms with Gasteiger partial charge in [-0.3, -0.25) is 14.6 Å². The summed E-state index contributed by atoms with van der Waals surface area (Å²) in [6, 6.07) is 2.90. The number of piperazine rings is 1. The number of carbonyl (C=O) groups excluding carboxylic acids is 2. The van der Waals surface area contributed by atoms with E-state index in [4.69, 9.17) is 5.73 Å². The van der Waals surface area contributed by atoms with E-state index >= 15 is 0 Å². The number of nitrogens with zero attached hydrogens (tertiary/aromatic N) is 2. The molecule has 1 aliphatic heterocycles. The lowest BCUT2D eigenvalue weighted by Crippen LogP contribution is -2.58. The van der Waals surface area contributed by atoms with Crippen molar-refractivity contribution in [3.05, 3.63) is 29.6 Å². The van der Waals surface area contributed by atoms with Gasteiger partial charge in [0.2, 0.25) is 5.91 Å². The number of amides is 2. The molecule has 1 fully saturated rings. The Labute approximate surface area is 105 Å². The van der Waals surface area contributed by atoms with Crippen LogP contribution in [-0.2, 0) is 4.79 Å². The number of nitrogens with one attached hydrogen (secondary N) is 1. The van der Waals surface area contributed by atoms with E-state index in [2.05, 4.69) is 10.3 Å². The molecule has 1 aromatic rings. The number of rotatable bonds is 2. The maximum atomic E-state index is 12.3. The molecule has 0 saturated carbocycles. The van der Waals surface area contributed by atoms with E-state index in [0.29, 0.717) is 25.2 Å². The summed E-state index contributed by atoms with van der Waals surface area (Å²) in [5.74, 6) is -0.691. The van der Waals surface area contributed by atoms with Gasteiger partial charge in [0.05, 0.1) is 5.56 Å². The second-order valence-electron chi connectivity index (χ2n) is 4.31. The Morgan fingerprint density at radius 3 is 2.89 bits per heavy atom. The van der Waals surface area contributed by atoms with Crippen LogP contribution in [0.1, 0.15) is 16.1 Å². The zero-order valence-electron chi connectivity index (χ0n) is 10.2. The highest BCUT2D eigenvalue weighted by Crippen LogP contribution is 2.10. The lowest BCUT2D eigenvalue weighted by atomic mass is 10.1. The number of hydrogen-bond donors (Lipinski definition) is 2. The highest BCUT2D eigenvalue weighted by atomic mass is 16.2. The largest absolute Gasteiger partial charge is 0.368 e. The monoisotopic (exact) mass is 248 g/mol. The van der Waals surface area contributed by atoms with Crippen molar-refractivity contribution in [3.63, 3.8) is 0 Å². The number of hydrogen-bond acceptors (Lipinski definition) is 4. The van der Waals surface area contributed by atoms with Gasteiger partial charge in [0.25, 0.3) is 5.91 Å². The van der Waals surface area contributed by atoms with Crippen molar-refractivity contribution in [2.45, 2.75) is 13.0 Å². The van der Waals surface area contributed by atoms with Gasteiger partial charge >= 0.3 is 0 Å². The van der Waals surface area contributed by atoms with Crippen LogP contribution in [0.25, 0.3) is 0 Å². The van der Waals surface area contributed by atoms with Gasteiger partial charge in [-0.25, -0.2) is 0 Å². The van der Waals surface area contributed by atoms with Crippen LogP contribution < -0.4 is 11.1 Å². The van der Waals surface area contributed by atoms with Crippen molar-refractivity contribution in [1.29, 1.82) is 0 Å². The lowest BCUT2D eigenvalue weighted by Gasteiger charge is -2.34. The molecule has 1 aliphatic rings. The third kappa shape index (κ3) is 2.48. The highest BCUT2D eigenvalue weighted by molar-refractivity contribution is 5.97. The number of primary amides is 1. The Kier molecular flexibility index (Phi) is 3.57. The van der Waals surface area contributed by atoms with Gasteiger partial charge in [-0.2, -0.15) is 0 Å². The van der Waals surface area contributed by atoms with E-state index in [1.54, 1.807) is 12.1 Å². The summed E-state index contributed by atoms with van der Waals surface area (Å²) >= 11 is 0. The first-order valence-corrected chi connectivity index (χ1v) is 5.83. The SMILES string of the molecule is Cc1ccc(C(=O)N2CCNC[C@@H]2C(N)=O)cn1. The van der Waals surface area contributed by atoms with Gasteiger partial charge in [-0.15, -0.1) is 0 Å². The van der Waals surface area contributed by atoms with Gasteiger partial charge < -0.3 is 16.0 Å². The summed E-state index contributed by atoms with van der Waals surface area (Å²) in [6.07, 6.45) is 1.53. The van der Waals surface area contributed by atoms with Gasteiger partial charge in [0.1, 0.15) is 6.04 Å². The molecule has 2 heterocycles. The minimum absolute atomic E-state index is 0.201. The smallest absolute Gasteiger partial charge is 0.256 e. The molecular weight excluding hydrogens is 232 g/mol. The van der Waals surface area contributed by atoms with Crippen molar-refractivity contribution in [3.8, 4) is 0 Å². The minimum atomic E-state index is -0.590. The molecule has 1 atom stereocenters. The molecule has 3 N–H and O–H groups in total.